The van der Waals surface area contributed by atoms with E-state index in [4.69, 9.17) is 11.6 Å². The third-order valence-electron chi connectivity index (χ3n) is 2.72. The number of nitrogens with zero attached hydrogens (tertiary/aromatic N) is 3. The molecule has 0 atom stereocenters. The maximum Gasteiger partial charge on any atom is 0.163 e. The second-order valence-electron chi connectivity index (χ2n) is 4.10. The topological polar surface area (TPSA) is 38.7 Å². The third kappa shape index (κ3) is 1.93. The number of fused-ring (bicyclic) bond motifs is 1. The van der Waals surface area contributed by atoms with E-state index in [1.165, 1.54) is 0 Å². The summed E-state index contributed by atoms with van der Waals surface area (Å²) in [4.78, 5) is 12.9. The molecule has 0 N–H and O–H groups in total. The van der Waals surface area contributed by atoms with Gasteiger partial charge in [0.2, 0.25) is 0 Å². The highest BCUT2D eigenvalue weighted by Crippen LogP contribution is 2.25. The molecule has 88 valence electrons. The first kappa shape index (κ1) is 11.1. The highest BCUT2D eigenvalue weighted by Gasteiger charge is 2.07. The van der Waals surface area contributed by atoms with Crippen molar-refractivity contribution in [1.82, 2.24) is 15.0 Å². The van der Waals surface area contributed by atoms with Crippen molar-refractivity contribution >= 4 is 22.5 Å². The highest BCUT2D eigenvalue weighted by molar-refractivity contribution is 6.34. The van der Waals surface area contributed by atoms with Crippen LogP contribution in [0.2, 0.25) is 5.15 Å². The van der Waals surface area contributed by atoms with Gasteiger partial charge in [0.1, 0.15) is 5.15 Å². The van der Waals surface area contributed by atoms with Crippen molar-refractivity contribution in [2.45, 2.75) is 6.92 Å². The van der Waals surface area contributed by atoms with Gasteiger partial charge in [-0.2, -0.15) is 0 Å². The Labute approximate surface area is 109 Å². The lowest BCUT2D eigenvalue weighted by Crippen LogP contribution is -1.92. The van der Waals surface area contributed by atoms with Crippen LogP contribution in [0, 0.1) is 6.92 Å². The lowest BCUT2D eigenvalue weighted by atomic mass is 10.1. The summed E-state index contributed by atoms with van der Waals surface area (Å²) in [5.41, 5.74) is 2.85. The average Bonchev–Trinajstić information content (AvgIpc) is 2.40. The molecule has 0 fully saturated rings. The van der Waals surface area contributed by atoms with Crippen LogP contribution in [-0.2, 0) is 0 Å². The molecule has 3 rings (SSSR count). The van der Waals surface area contributed by atoms with Crippen molar-refractivity contribution in [3.63, 3.8) is 0 Å². The molecule has 0 unspecified atom stereocenters. The van der Waals surface area contributed by atoms with Crippen LogP contribution < -0.4 is 0 Å². The van der Waals surface area contributed by atoms with E-state index in [0.29, 0.717) is 11.0 Å². The molecule has 0 spiro atoms. The zero-order chi connectivity index (χ0) is 12.5. The summed E-state index contributed by atoms with van der Waals surface area (Å²) in [6.45, 7) is 2.02. The quantitative estimate of drug-likeness (QED) is 0.623. The number of benzene rings is 1. The van der Waals surface area contributed by atoms with Crippen LogP contribution in [0.4, 0.5) is 0 Å². The number of aromatic nitrogens is 3. The van der Waals surface area contributed by atoms with Crippen molar-refractivity contribution in [1.29, 1.82) is 0 Å². The minimum atomic E-state index is 0.475. The van der Waals surface area contributed by atoms with Gasteiger partial charge in [0.15, 0.2) is 5.82 Å². The summed E-state index contributed by atoms with van der Waals surface area (Å²) in [6.07, 6.45) is 3.45. The smallest absolute Gasteiger partial charge is 0.163 e. The van der Waals surface area contributed by atoms with Gasteiger partial charge in [-0.25, -0.2) is 9.97 Å². The Hall–Kier alpha value is -2.00. The molecule has 0 amide bonds. The summed E-state index contributed by atoms with van der Waals surface area (Å²) < 4.78 is 0. The largest absolute Gasteiger partial charge is 0.264 e. The predicted octanol–water partition coefficient (Wildman–Crippen LogP) is 3.65. The Morgan fingerprint density at radius 3 is 2.78 bits per heavy atom. The van der Waals surface area contributed by atoms with E-state index in [0.717, 1.165) is 22.0 Å². The van der Waals surface area contributed by atoms with Gasteiger partial charge in [-0.15, -0.1) is 0 Å². The minimum absolute atomic E-state index is 0.475. The summed E-state index contributed by atoms with van der Waals surface area (Å²) in [5.74, 6) is 0.601. The fourth-order valence-electron chi connectivity index (χ4n) is 1.83. The second kappa shape index (κ2) is 4.35. The molecule has 0 aliphatic rings. The van der Waals surface area contributed by atoms with Gasteiger partial charge in [0.05, 0.1) is 5.52 Å². The van der Waals surface area contributed by atoms with Gasteiger partial charge in [0.25, 0.3) is 0 Å². The monoisotopic (exact) mass is 255 g/mol. The summed E-state index contributed by atoms with van der Waals surface area (Å²) in [6, 6.07) is 9.73. The Balaban J connectivity index is 2.25. The van der Waals surface area contributed by atoms with E-state index in [1.807, 2.05) is 37.3 Å². The van der Waals surface area contributed by atoms with Gasteiger partial charge < -0.3 is 0 Å². The Kier molecular flexibility index (Phi) is 2.68. The number of hydrogen-bond acceptors (Lipinski definition) is 3. The molecule has 3 aromatic rings. The molecule has 1 aromatic carbocycles. The van der Waals surface area contributed by atoms with Crippen molar-refractivity contribution in [3.8, 4) is 11.4 Å². The Morgan fingerprint density at radius 2 is 2.00 bits per heavy atom. The molecular formula is C14H10ClN3. The SMILES string of the molecule is Cc1ccc2nc(-c3cccnc3)nc(Cl)c2c1. The van der Waals surface area contributed by atoms with Crippen molar-refractivity contribution in [2.75, 3.05) is 0 Å². The molecule has 18 heavy (non-hydrogen) atoms. The number of aryl methyl sites for hydroxylation is 1. The average molecular weight is 256 g/mol. The fraction of sp³-hybridized carbons (Fsp3) is 0.0714. The number of pyridine rings is 1. The Morgan fingerprint density at radius 1 is 1.11 bits per heavy atom. The van der Waals surface area contributed by atoms with Gasteiger partial charge in [-0.3, -0.25) is 4.98 Å². The lowest BCUT2D eigenvalue weighted by Gasteiger charge is -2.04. The molecule has 4 heteroatoms. The second-order valence-corrected chi connectivity index (χ2v) is 4.46. The molecule has 0 radical (unpaired) electrons. The van der Waals surface area contributed by atoms with Gasteiger partial charge in [0, 0.05) is 23.3 Å². The molecule has 0 bridgehead atoms. The first-order valence-corrected chi connectivity index (χ1v) is 5.96. The van der Waals surface area contributed by atoms with Crippen molar-refractivity contribution in [2.24, 2.45) is 0 Å². The van der Waals surface area contributed by atoms with Crippen LogP contribution in [0.25, 0.3) is 22.3 Å². The maximum absolute atomic E-state index is 6.21. The van der Waals surface area contributed by atoms with E-state index >= 15 is 0 Å². The fourth-order valence-corrected chi connectivity index (χ4v) is 2.06. The van der Waals surface area contributed by atoms with Crippen LogP contribution in [0.5, 0.6) is 0 Å². The molecule has 0 saturated carbocycles. The van der Waals surface area contributed by atoms with Gasteiger partial charge >= 0.3 is 0 Å². The van der Waals surface area contributed by atoms with Gasteiger partial charge in [-0.05, 0) is 31.2 Å². The van der Waals surface area contributed by atoms with Crippen molar-refractivity contribution < 1.29 is 0 Å². The zero-order valence-electron chi connectivity index (χ0n) is 9.76. The lowest BCUT2D eigenvalue weighted by molar-refractivity contribution is 1.20. The van der Waals surface area contributed by atoms with Crippen LogP contribution in [-0.4, -0.2) is 15.0 Å². The van der Waals surface area contributed by atoms with E-state index in [2.05, 4.69) is 15.0 Å². The molecule has 0 aliphatic heterocycles. The third-order valence-corrected chi connectivity index (χ3v) is 3.01. The summed E-state index contributed by atoms with van der Waals surface area (Å²) >= 11 is 6.21. The normalized spacial score (nSPS) is 10.8. The summed E-state index contributed by atoms with van der Waals surface area (Å²) in [7, 11) is 0. The van der Waals surface area contributed by atoms with Gasteiger partial charge in [-0.1, -0.05) is 23.2 Å². The van der Waals surface area contributed by atoms with E-state index in [9.17, 15) is 0 Å². The summed E-state index contributed by atoms with van der Waals surface area (Å²) in [5, 5.41) is 1.35. The molecule has 0 aliphatic carbocycles. The van der Waals surface area contributed by atoms with Crippen LogP contribution in [0.3, 0.4) is 0 Å². The number of rotatable bonds is 1. The number of hydrogen-bond donors (Lipinski definition) is 0. The van der Waals surface area contributed by atoms with Crippen molar-refractivity contribution in [3.05, 3.63) is 53.4 Å². The van der Waals surface area contributed by atoms with E-state index < -0.39 is 0 Å². The van der Waals surface area contributed by atoms with E-state index in [1.54, 1.807) is 12.4 Å². The van der Waals surface area contributed by atoms with E-state index in [-0.39, 0.29) is 0 Å². The van der Waals surface area contributed by atoms with Crippen LogP contribution >= 0.6 is 11.6 Å². The first-order chi connectivity index (χ1) is 8.74. The molecular weight excluding hydrogens is 246 g/mol. The molecule has 2 aromatic heterocycles. The predicted molar refractivity (Wildman–Crippen MR) is 72.5 cm³/mol. The highest BCUT2D eigenvalue weighted by atomic mass is 35.5. The molecule has 0 saturated heterocycles. The van der Waals surface area contributed by atoms with Crippen LogP contribution in [0.15, 0.2) is 42.7 Å². The number of halogens is 1. The zero-order valence-corrected chi connectivity index (χ0v) is 10.5. The maximum atomic E-state index is 6.21. The van der Waals surface area contributed by atoms with Crippen LogP contribution in [0.1, 0.15) is 5.56 Å². The Bertz CT molecular complexity index is 711. The molecule has 2 heterocycles. The first-order valence-electron chi connectivity index (χ1n) is 5.58. The minimum Gasteiger partial charge on any atom is -0.264 e. The molecule has 3 nitrogen and oxygen atoms in total. The standard InChI is InChI=1S/C14H10ClN3/c1-9-4-5-12-11(7-9)13(15)18-14(17-12)10-3-2-6-16-8-10/h2-8H,1H3.